The summed E-state index contributed by atoms with van der Waals surface area (Å²) in [5.74, 6) is 6.54. The fourth-order valence-electron chi connectivity index (χ4n) is 3.63. The van der Waals surface area contributed by atoms with Gasteiger partial charge in [-0.25, -0.2) is 9.97 Å². The van der Waals surface area contributed by atoms with Crippen molar-refractivity contribution >= 4 is 29.5 Å². The van der Waals surface area contributed by atoms with Crippen LogP contribution in [0.4, 0.5) is 17.3 Å². The topological polar surface area (TPSA) is 114 Å². The van der Waals surface area contributed by atoms with Crippen LogP contribution < -0.4 is 20.7 Å². The Hall–Kier alpha value is -3.64. The minimum atomic E-state index is -0.261. The van der Waals surface area contributed by atoms with Crippen molar-refractivity contribution in [2.75, 3.05) is 37.0 Å². The van der Waals surface area contributed by atoms with E-state index in [-0.39, 0.29) is 17.6 Å². The van der Waals surface area contributed by atoms with Crippen molar-refractivity contribution in [3.63, 3.8) is 0 Å². The van der Waals surface area contributed by atoms with Crippen molar-refractivity contribution in [2.24, 2.45) is 0 Å². The lowest BCUT2D eigenvalue weighted by atomic mass is 10.1. The summed E-state index contributed by atoms with van der Waals surface area (Å²) in [5.41, 5.74) is 1.77. The molecule has 1 saturated heterocycles. The molecule has 1 aromatic carbocycles. The SMILES string of the molecule is CC#CC(=O)NCCCCOc1cccc(Nc2nc(NC3CCOCC3)c(CC)nc2C=O)c1. The number of hydrogen-bond acceptors (Lipinski definition) is 8. The summed E-state index contributed by atoms with van der Waals surface area (Å²) in [5, 5.41) is 9.43. The number of nitrogens with zero attached hydrogens (tertiary/aromatic N) is 2. The van der Waals surface area contributed by atoms with E-state index >= 15 is 0 Å². The second-order valence-corrected chi connectivity index (χ2v) is 8.09. The Morgan fingerprint density at radius 1 is 1.23 bits per heavy atom. The number of amides is 1. The van der Waals surface area contributed by atoms with E-state index in [1.54, 1.807) is 6.92 Å². The Kier molecular flexibility index (Phi) is 10.3. The van der Waals surface area contributed by atoms with Gasteiger partial charge < -0.3 is 25.4 Å². The molecular weight excluding hydrogens is 446 g/mol. The number of ether oxygens (including phenoxy) is 2. The van der Waals surface area contributed by atoms with Gasteiger partial charge in [0, 0.05) is 37.6 Å². The average molecular weight is 480 g/mol. The summed E-state index contributed by atoms with van der Waals surface area (Å²) >= 11 is 0. The van der Waals surface area contributed by atoms with E-state index in [9.17, 15) is 9.59 Å². The van der Waals surface area contributed by atoms with Crippen LogP contribution in [-0.2, 0) is 16.0 Å². The molecule has 3 rings (SSSR count). The molecule has 1 aromatic heterocycles. The molecule has 0 bridgehead atoms. The van der Waals surface area contributed by atoms with Crippen LogP contribution in [-0.4, -0.2) is 54.6 Å². The molecule has 35 heavy (non-hydrogen) atoms. The standard InChI is InChI=1S/C26H33N5O4/c1-3-8-24(33)27-13-5-6-14-35-21-10-7-9-20(17-21)29-26-23(18-32)30-22(4-2)25(31-26)28-19-11-15-34-16-12-19/h7,9-10,17-19H,4-6,11-16H2,1-2H3,(H,27,33)(H2,28,29,31). The number of rotatable bonds is 12. The predicted molar refractivity (Wildman–Crippen MR) is 135 cm³/mol. The number of hydrogen-bond donors (Lipinski definition) is 3. The van der Waals surface area contributed by atoms with Gasteiger partial charge in [0.1, 0.15) is 17.3 Å². The lowest BCUT2D eigenvalue weighted by molar-refractivity contribution is -0.115. The molecule has 2 heterocycles. The molecule has 0 radical (unpaired) electrons. The lowest BCUT2D eigenvalue weighted by Gasteiger charge is -2.25. The molecule has 0 aliphatic carbocycles. The summed E-state index contributed by atoms with van der Waals surface area (Å²) in [6.45, 7) is 6.14. The zero-order valence-electron chi connectivity index (χ0n) is 20.4. The largest absolute Gasteiger partial charge is 0.494 e. The quantitative estimate of drug-likeness (QED) is 0.241. The van der Waals surface area contributed by atoms with E-state index in [1.807, 2.05) is 31.2 Å². The predicted octanol–water partition coefficient (Wildman–Crippen LogP) is 3.48. The van der Waals surface area contributed by atoms with E-state index in [0.717, 1.165) is 56.6 Å². The maximum atomic E-state index is 11.7. The van der Waals surface area contributed by atoms with Crippen molar-refractivity contribution in [1.82, 2.24) is 15.3 Å². The number of aromatic nitrogens is 2. The molecule has 0 atom stereocenters. The summed E-state index contributed by atoms with van der Waals surface area (Å²) in [4.78, 5) is 32.3. The molecule has 0 saturated carbocycles. The summed E-state index contributed by atoms with van der Waals surface area (Å²) in [6, 6.07) is 7.75. The number of nitrogens with one attached hydrogen (secondary N) is 3. The first kappa shape index (κ1) is 26.0. The van der Waals surface area contributed by atoms with Gasteiger partial charge in [-0.2, -0.15) is 0 Å². The van der Waals surface area contributed by atoms with Crippen LogP contribution in [0.2, 0.25) is 0 Å². The second kappa shape index (κ2) is 13.9. The van der Waals surface area contributed by atoms with E-state index < -0.39 is 0 Å². The van der Waals surface area contributed by atoms with E-state index in [0.29, 0.717) is 37.0 Å². The van der Waals surface area contributed by atoms with Gasteiger partial charge >= 0.3 is 0 Å². The van der Waals surface area contributed by atoms with Gasteiger partial charge in [-0.15, -0.1) is 0 Å². The van der Waals surface area contributed by atoms with E-state index in [2.05, 4.69) is 32.8 Å². The van der Waals surface area contributed by atoms with Crippen molar-refractivity contribution in [3.05, 3.63) is 35.7 Å². The third-order valence-electron chi connectivity index (χ3n) is 5.46. The number of carbonyl (C=O) groups excluding carboxylic acids is 2. The molecule has 9 heteroatoms. The first-order chi connectivity index (χ1) is 17.1. The van der Waals surface area contributed by atoms with E-state index in [4.69, 9.17) is 14.5 Å². The maximum Gasteiger partial charge on any atom is 0.295 e. The molecule has 1 aliphatic rings. The highest BCUT2D eigenvalue weighted by Crippen LogP contribution is 2.25. The molecule has 0 spiro atoms. The molecule has 9 nitrogen and oxygen atoms in total. The first-order valence-electron chi connectivity index (χ1n) is 12.0. The molecule has 1 fully saturated rings. The van der Waals surface area contributed by atoms with Crippen molar-refractivity contribution < 1.29 is 19.1 Å². The molecule has 1 aliphatic heterocycles. The normalized spacial score (nSPS) is 13.3. The Bertz CT molecular complexity index is 1060. The zero-order valence-corrected chi connectivity index (χ0v) is 20.4. The third-order valence-corrected chi connectivity index (χ3v) is 5.46. The molecule has 3 N–H and O–H groups in total. The fourth-order valence-corrected chi connectivity index (χ4v) is 3.63. The van der Waals surface area contributed by atoms with Gasteiger partial charge in [0.25, 0.3) is 5.91 Å². The highest BCUT2D eigenvalue weighted by Gasteiger charge is 2.18. The minimum Gasteiger partial charge on any atom is -0.494 e. The Morgan fingerprint density at radius 3 is 2.80 bits per heavy atom. The highest BCUT2D eigenvalue weighted by molar-refractivity contribution is 5.93. The fraction of sp³-hybridized carbons (Fsp3) is 0.462. The second-order valence-electron chi connectivity index (χ2n) is 8.09. The minimum absolute atomic E-state index is 0.261. The van der Waals surface area contributed by atoms with Crippen LogP contribution in [0.25, 0.3) is 0 Å². The molecule has 0 unspecified atom stereocenters. The van der Waals surface area contributed by atoms with Gasteiger partial charge in [-0.05, 0) is 57.1 Å². The summed E-state index contributed by atoms with van der Waals surface area (Å²) in [6.07, 6.45) is 4.78. The Balaban J connectivity index is 1.60. The number of aryl methyl sites for hydroxylation is 1. The van der Waals surface area contributed by atoms with Gasteiger partial charge in [-0.3, -0.25) is 9.59 Å². The van der Waals surface area contributed by atoms with E-state index in [1.165, 1.54) is 0 Å². The van der Waals surface area contributed by atoms with Crippen LogP contribution in [0, 0.1) is 11.8 Å². The average Bonchev–Trinajstić information content (AvgIpc) is 2.87. The van der Waals surface area contributed by atoms with Crippen LogP contribution in [0.5, 0.6) is 5.75 Å². The number of anilines is 3. The summed E-state index contributed by atoms with van der Waals surface area (Å²) < 4.78 is 11.3. The number of aldehydes is 1. The first-order valence-corrected chi connectivity index (χ1v) is 12.0. The van der Waals surface area contributed by atoms with Gasteiger partial charge in [0.05, 0.1) is 12.3 Å². The van der Waals surface area contributed by atoms with Crippen LogP contribution in [0.1, 0.15) is 55.7 Å². The molecule has 2 aromatic rings. The van der Waals surface area contributed by atoms with Crippen LogP contribution >= 0.6 is 0 Å². The van der Waals surface area contributed by atoms with Crippen molar-refractivity contribution in [3.8, 4) is 17.6 Å². The summed E-state index contributed by atoms with van der Waals surface area (Å²) in [7, 11) is 0. The zero-order chi connectivity index (χ0) is 24.9. The number of unbranched alkanes of at least 4 members (excludes halogenated alkanes) is 1. The number of benzene rings is 1. The number of carbonyl (C=O) groups is 2. The van der Waals surface area contributed by atoms with Crippen LogP contribution in [0.3, 0.4) is 0 Å². The molecule has 1 amide bonds. The maximum absolute atomic E-state index is 11.7. The molecule has 186 valence electrons. The van der Waals surface area contributed by atoms with Gasteiger partial charge in [-0.1, -0.05) is 18.9 Å². The monoisotopic (exact) mass is 479 g/mol. The Morgan fingerprint density at radius 2 is 2.06 bits per heavy atom. The molecular formula is C26H33N5O4. The Labute approximate surface area is 206 Å². The third kappa shape index (κ3) is 8.26. The smallest absolute Gasteiger partial charge is 0.295 e. The van der Waals surface area contributed by atoms with Gasteiger partial charge in [0.2, 0.25) is 0 Å². The van der Waals surface area contributed by atoms with Crippen LogP contribution in [0.15, 0.2) is 24.3 Å². The van der Waals surface area contributed by atoms with Crippen molar-refractivity contribution in [1.29, 1.82) is 0 Å². The van der Waals surface area contributed by atoms with Crippen molar-refractivity contribution in [2.45, 2.75) is 52.0 Å². The lowest BCUT2D eigenvalue weighted by Crippen LogP contribution is -2.29. The van der Waals surface area contributed by atoms with Gasteiger partial charge in [0.15, 0.2) is 12.1 Å². The highest BCUT2D eigenvalue weighted by atomic mass is 16.5.